The van der Waals surface area contributed by atoms with Crippen LogP contribution in [-0.2, 0) is 0 Å². The number of furan rings is 1. The largest absolute Gasteiger partial charge is 0.447 e. The molecule has 4 heteroatoms. The van der Waals surface area contributed by atoms with Crippen molar-refractivity contribution in [3.63, 3.8) is 0 Å². The molecule has 1 heterocycles. The molecule has 0 atom stereocenters. The fourth-order valence-corrected chi connectivity index (χ4v) is 1.88. The van der Waals surface area contributed by atoms with Crippen LogP contribution in [0.4, 0.5) is 5.88 Å². The average Bonchev–Trinajstić information content (AvgIpc) is 2.70. The van der Waals surface area contributed by atoms with Gasteiger partial charge in [0.15, 0.2) is 0 Å². The number of thioether (sulfide) groups is 1. The van der Waals surface area contributed by atoms with Gasteiger partial charge in [0.1, 0.15) is 17.9 Å². The molecule has 2 N–H and O–H groups in total. The first-order valence-corrected chi connectivity index (χ1v) is 5.90. The van der Waals surface area contributed by atoms with Crippen LogP contribution in [0.5, 0.6) is 0 Å². The molecule has 0 aliphatic carbocycles. The molecule has 0 radical (unpaired) electrons. The van der Waals surface area contributed by atoms with E-state index in [4.69, 9.17) is 15.4 Å². The molecule has 0 saturated heterocycles. The van der Waals surface area contributed by atoms with Gasteiger partial charge in [0.2, 0.25) is 5.88 Å². The maximum Gasteiger partial charge on any atom is 0.208 e. The topological polar surface area (TPSA) is 62.9 Å². The molecular formula is C12H10N2OS. The molecule has 16 heavy (non-hydrogen) atoms. The summed E-state index contributed by atoms with van der Waals surface area (Å²) < 4.78 is 5.05. The maximum atomic E-state index is 8.96. The van der Waals surface area contributed by atoms with Crippen LogP contribution in [0, 0.1) is 11.3 Å². The Labute approximate surface area is 97.9 Å². The number of hydrogen-bond donors (Lipinski definition) is 1. The summed E-state index contributed by atoms with van der Waals surface area (Å²) in [4.78, 5) is 1.18. The zero-order valence-electron chi connectivity index (χ0n) is 8.73. The van der Waals surface area contributed by atoms with Crippen molar-refractivity contribution in [2.75, 3.05) is 12.0 Å². The summed E-state index contributed by atoms with van der Waals surface area (Å²) in [6.45, 7) is 0. The summed E-state index contributed by atoms with van der Waals surface area (Å²) in [6.07, 6.45) is 3.54. The van der Waals surface area contributed by atoms with E-state index in [0.717, 1.165) is 11.1 Å². The highest BCUT2D eigenvalue weighted by atomic mass is 32.2. The molecule has 0 bridgehead atoms. The van der Waals surface area contributed by atoms with E-state index in [9.17, 15) is 0 Å². The molecule has 0 aliphatic heterocycles. The number of hydrogen-bond acceptors (Lipinski definition) is 4. The third-order valence-electron chi connectivity index (χ3n) is 2.33. The molecule has 2 rings (SSSR count). The lowest BCUT2D eigenvalue weighted by atomic mass is 10.1. The van der Waals surface area contributed by atoms with E-state index < -0.39 is 0 Å². The molecular weight excluding hydrogens is 220 g/mol. The van der Waals surface area contributed by atoms with Crippen LogP contribution in [0.25, 0.3) is 11.1 Å². The lowest BCUT2D eigenvalue weighted by Gasteiger charge is -1.99. The third-order valence-corrected chi connectivity index (χ3v) is 3.08. The Balaban J connectivity index is 2.47. The minimum atomic E-state index is 0.173. The SMILES string of the molecule is CSc1ccc(-c2coc(N)c2C#N)cc1. The zero-order chi connectivity index (χ0) is 11.5. The van der Waals surface area contributed by atoms with Crippen LogP contribution in [-0.4, -0.2) is 6.26 Å². The van der Waals surface area contributed by atoms with E-state index in [2.05, 4.69) is 0 Å². The van der Waals surface area contributed by atoms with Gasteiger partial charge in [-0.15, -0.1) is 11.8 Å². The van der Waals surface area contributed by atoms with Crippen molar-refractivity contribution < 1.29 is 4.42 Å². The van der Waals surface area contributed by atoms with E-state index >= 15 is 0 Å². The van der Waals surface area contributed by atoms with Crippen molar-refractivity contribution in [2.24, 2.45) is 0 Å². The van der Waals surface area contributed by atoms with Crippen molar-refractivity contribution >= 4 is 17.6 Å². The molecule has 1 aromatic carbocycles. The van der Waals surface area contributed by atoms with Gasteiger partial charge in [0, 0.05) is 10.5 Å². The first kappa shape index (κ1) is 10.7. The summed E-state index contributed by atoms with van der Waals surface area (Å²) >= 11 is 1.67. The first-order chi connectivity index (χ1) is 7.76. The minimum absolute atomic E-state index is 0.173. The minimum Gasteiger partial charge on any atom is -0.447 e. The number of nitrogens with two attached hydrogens (primary N) is 1. The Morgan fingerprint density at radius 2 is 2.00 bits per heavy atom. The predicted molar refractivity (Wildman–Crippen MR) is 65.1 cm³/mol. The fraction of sp³-hybridized carbons (Fsp3) is 0.0833. The molecule has 0 fully saturated rings. The summed E-state index contributed by atoms with van der Waals surface area (Å²) in [5.41, 5.74) is 7.63. The van der Waals surface area contributed by atoms with Crippen LogP contribution in [0.3, 0.4) is 0 Å². The van der Waals surface area contributed by atoms with E-state index in [0.29, 0.717) is 5.56 Å². The second-order valence-corrected chi connectivity index (χ2v) is 4.11. The highest BCUT2D eigenvalue weighted by molar-refractivity contribution is 7.98. The van der Waals surface area contributed by atoms with E-state index in [-0.39, 0.29) is 5.88 Å². The van der Waals surface area contributed by atoms with E-state index in [1.165, 1.54) is 11.2 Å². The van der Waals surface area contributed by atoms with Gasteiger partial charge in [-0.05, 0) is 24.0 Å². The van der Waals surface area contributed by atoms with Crippen molar-refractivity contribution in [2.45, 2.75) is 4.90 Å². The van der Waals surface area contributed by atoms with Gasteiger partial charge in [-0.25, -0.2) is 0 Å². The average molecular weight is 230 g/mol. The zero-order valence-corrected chi connectivity index (χ0v) is 9.54. The Hall–Kier alpha value is -1.86. The van der Waals surface area contributed by atoms with Crippen LogP contribution >= 0.6 is 11.8 Å². The highest BCUT2D eigenvalue weighted by Gasteiger charge is 2.12. The van der Waals surface area contributed by atoms with Gasteiger partial charge < -0.3 is 10.2 Å². The molecule has 3 nitrogen and oxygen atoms in total. The summed E-state index contributed by atoms with van der Waals surface area (Å²) in [7, 11) is 0. The van der Waals surface area contributed by atoms with Crippen molar-refractivity contribution in [3.05, 3.63) is 36.1 Å². The van der Waals surface area contributed by atoms with Gasteiger partial charge >= 0.3 is 0 Å². The normalized spacial score (nSPS) is 10.0. The smallest absolute Gasteiger partial charge is 0.208 e. The fourth-order valence-electron chi connectivity index (χ4n) is 1.47. The molecule has 2 aromatic rings. The van der Waals surface area contributed by atoms with Crippen molar-refractivity contribution in [1.82, 2.24) is 0 Å². The lowest BCUT2D eigenvalue weighted by Crippen LogP contribution is -1.86. The van der Waals surface area contributed by atoms with Crippen molar-refractivity contribution in [3.8, 4) is 17.2 Å². The van der Waals surface area contributed by atoms with Crippen LogP contribution in [0.1, 0.15) is 5.56 Å². The van der Waals surface area contributed by atoms with E-state index in [1.54, 1.807) is 11.8 Å². The highest BCUT2D eigenvalue weighted by Crippen LogP contribution is 2.30. The molecule has 0 saturated carbocycles. The van der Waals surface area contributed by atoms with Crippen LogP contribution < -0.4 is 5.73 Å². The summed E-state index contributed by atoms with van der Waals surface area (Å²) in [5.74, 6) is 0.173. The quantitative estimate of drug-likeness (QED) is 0.805. The Morgan fingerprint density at radius 3 is 2.56 bits per heavy atom. The van der Waals surface area contributed by atoms with E-state index in [1.807, 2.05) is 36.6 Å². The molecule has 1 aromatic heterocycles. The second kappa shape index (κ2) is 4.33. The number of benzene rings is 1. The monoisotopic (exact) mass is 230 g/mol. The summed E-state index contributed by atoms with van der Waals surface area (Å²) in [6, 6.07) is 9.97. The van der Waals surface area contributed by atoms with Crippen LogP contribution in [0.15, 0.2) is 39.8 Å². The lowest BCUT2D eigenvalue weighted by molar-refractivity contribution is 0.588. The van der Waals surface area contributed by atoms with Gasteiger partial charge in [-0.1, -0.05) is 12.1 Å². The standard InChI is InChI=1S/C12H10N2OS/c1-16-9-4-2-8(3-5-9)11-7-15-12(14)10(11)6-13/h2-5,7H,14H2,1H3. The van der Waals surface area contributed by atoms with Gasteiger partial charge in [-0.2, -0.15) is 5.26 Å². The van der Waals surface area contributed by atoms with Crippen LogP contribution in [0.2, 0.25) is 0 Å². The predicted octanol–water partition coefficient (Wildman–Crippen LogP) is 3.12. The Kier molecular flexibility index (Phi) is 2.88. The molecule has 0 spiro atoms. The van der Waals surface area contributed by atoms with Crippen molar-refractivity contribution in [1.29, 1.82) is 5.26 Å². The Morgan fingerprint density at radius 1 is 1.31 bits per heavy atom. The van der Waals surface area contributed by atoms with Gasteiger partial charge in [0.05, 0.1) is 0 Å². The number of rotatable bonds is 2. The maximum absolute atomic E-state index is 8.96. The molecule has 0 unspecified atom stereocenters. The van der Waals surface area contributed by atoms with Gasteiger partial charge in [-0.3, -0.25) is 0 Å². The first-order valence-electron chi connectivity index (χ1n) is 4.67. The second-order valence-electron chi connectivity index (χ2n) is 3.23. The number of nitriles is 1. The number of nitrogens with zero attached hydrogens (tertiary/aromatic N) is 1. The number of nitrogen functional groups attached to an aromatic ring is 1. The Bertz CT molecular complexity index is 537. The molecule has 0 aliphatic rings. The third kappa shape index (κ3) is 1.77. The summed E-state index contributed by atoms with van der Waals surface area (Å²) in [5, 5.41) is 8.96. The van der Waals surface area contributed by atoms with Gasteiger partial charge in [0.25, 0.3) is 0 Å². The molecule has 80 valence electrons. The molecule has 0 amide bonds. The number of anilines is 1.